The summed E-state index contributed by atoms with van der Waals surface area (Å²) >= 11 is 13.8. The predicted molar refractivity (Wildman–Crippen MR) is 94.7 cm³/mol. The van der Waals surface area contributed by atoms with Gasteiger partial charge < -0.3 is 9.80 Å². The average molecular weight is 355 g/mol. The Balaban J connectivity index is 1.72. The van der Waals surface area contributed by atoms with Crippen molar-refractivity contribution in [1.29, 1.82) is 0 Å². The van der Waals surface area contributed by atoms with Crippen LogP contribution in [-0.2, 0) is 0 Å². The maximum atomic E-state index is 6.28. The van der Waals surface area contributed by atoms with E-state index in [1.807, 2.05) is 30.5 Å². The number of hydrogen-bond acceptors (Lipinski definition) is 5. The molecule has 116 valence electrons. The quantitative estimate of drug-likeness (QED) is 0.475. The van der Waals surface area contributed by atoms with Crippen LogP contribution in [0.25, 0.3) is 0 Å². The predicted octanol–water partition coefficient (Wildman–Crippen LogP) is 3.83. The number of anilines is 2. The molecule has 1 aliphatic rings. The molecule has 1 fully saturated rings. The van der Waals surface area contributed by atoms with Gasteiger partial charge >= 0.3 is 0 Å². The SMILES string of the molecule is CSc1nc(Cl)cc(N2CCN(c3ccccc3Cl)CC2)n1. The molecule has 0 unspecified atom stereocenters. The zero-order valence-corrected chi connectivity index (χ0v) is 14.5. The number of nitrogens with zero attached hydrogens (tertiary/aromatic N) is 4. The first-order valence-corrected chi connectivity index (χ1v) is 8.98. The fourth-order valence-electron chi connectivity index (χ4n) is 2.52. The highest BCUT2D eigenvalue weighted by molar-refractivity contribution is 7.98. The van der Waals surface area contributed by atoms with E-state index in [-0.39, 0.29) is 0 Å². The van der Waals surface area contributed by atoms with E-state index in [9.17, 15) is 0 Å². The minimum absolute atomic E-state index is 0.489. The molecule has 1 saturated heterocycles. The second-order valence-electron chi connectivity index (χ2n) is 4.96. The summed E-state index contributed by atoms with van der Waals surface area (Å²) in [5.74, 6) is 0.892. The Morgan fingerprint density at radius 3 is 2.36 bits per heavy atom. The molecule has 2 heterocycles. The molecule has 7 heteroatoms. The van der Waals surface area contributed by atoms with Crippen LogP contribution >= 0.6 is 35.0 Å². The summed E-state index contributed by atoms with van der Waals surface area (Å²) in [6.07, 6.45) is 1.95. The molecule has 2 aromatic rings. The molecule has 0 spiro atoms. The van der Waals surface area contributed by atoms with Gasteiger partial charge in [-0.2, -0.15) is 0 Å². The van der Waals surface area contributed by atoms with Crippen LogP contribution in [0.2, 0.25) is 10.2 Å². The van der Waals surface area contributed by atoms with Crippen molar-refractivity contribution < 1.29 is 0 Å². The van der Waals surface area contributed by atoms with E-state index in [0.717, 1.165) is 42.7 Å². The maximum absolute atomic E-state index is 6.28. The zero-order chi connectivity index (χ0) is 15.5. The Labute approximate surface area is 144 Å². The summed E-state index contributed by atoms with van der Waals surface area (Å²) in [6.45, 7) is 3.57. The first-order valence-electron chi connectivity index (χ1n) is 7.00. The van der Waals surface area contributed by atoms with E-state index in [1.54, 1.807) is 0 Å². The summed E-state index contributed by atoms with van der Waals surface area (Å²) in [6, 6.07) is 9.79. The van der Waals surface area contributed by atoms with Crippen molar-refractivity contribution in [3.05, 3.63) is 40.5 Å². The normalized spacial score (nSPS) is 15.2. The number of para-hydroxylation sites is 1. The van der Waals surface area contributed by atoms with Crippen molar-refractivity contribution in [3.63, 3.8) is 0 Å². The fraction of sp³-hybridized carbons (Fsp3) is 0.333. The number of piperazine rings is 1. The molecule has 1 aromatic carbocycles. The molecule has 0 amide bonds. The maximum Gasteiger partial charge on any atom is 0.190 e. The molecule has 3 rings (SSSR count). The van der Waals surface area contributed by atoms with Crippen LogP contribution in [0.15, 0.2) is 35.5 Å². The first kappa shape index (κ1) is 15.7. The number of thioether (sulfide) groups is 1. The first-order chi connectivity index (χ1) is 10.7. The van der Waals surface area contributed by atoms with Crippen molar-refractivity contribution in [2.45, 2.75) is 5.16 Å². The van der Waals surface area contributed by atoms with Gasteiger partial charge in [-0.15, -0.1) is 0 Å². The molecule has 22 heavy (non-hydrogen) atoms. The van der Waals surface area contributed by atoms with E-state index in [0.29, 0.717) is 10.3 Å². The van der Waals surface area contributed by atoms with Crippen LogP contribution in [0.3, 0.4) is 0 Å². The Bertz CT molecular complexity index is 660. The van der Waals surface area contributed by atoms with Crippen LogP contribution in [-0.4, -0.2) is 42.4 Å². The van der Waals surface area contributed by atoms with Crippen LogP contribution in [0, 0.1) is 0 Å². The summed E-state index contributed by atoms with van der Waals surface area (Å²) < 4.78 is 0. The lowest BCUT2D eigenvalue weighted by Gasteiger charge is -2.37. The lowest BCUT2D eigenvalue weighted by molar-refractivity contribution is 0.643. The largest absolute Gasteiger partial charge is 0.367 e. The Morgan fingerprint density at radius 2 is 1.68 bits per heavy atom. The summed E-state index contributed by atoms with van der Waals surface area (Å²) in [5, 5.41) is 1.99. The topological polar surface area (TPSA) is 32.3 Å². The van der Waals surface area contributed by atoms with Crippen molar-refractivity contribution in [2.24, 2.45) is 0 Å². The molecular weight excluding hydrogens is 339 g/mol. The summed E-state index contributed by atoms with van der Waals surface area (Å²) in [7, 11) is 0. The molecule has 0 N–H and O–H groups in total. The summed E-state index contributed by atoms with van der Waals surface area (Å²) in [4.78, 5) is 13.3. The van der Waals surface area contributed by atoms with Crippen molar-refractivity contribution in [2.75, 3.05) is 42.2 Å². The molecule has 0 radical (unpaired) electrons. The van der Waals surface area contributed by atoms with Crippen LogP contribution in [0.4, 0.5) is 11.5 Å². The minimum atomic E-state index is 0.489. The van der Waals surface area contributed by atoms with Gasteiger partial charge in [0.2, 0.25) is 0 Å². The van der Waals surface area contributed by atoms with Gasteiger partial charge in [-0.3, -0.25) is 0 Å². The Hall–Kier alpha value is -1.17. The third kappa shape index (κ3) is 3.42. The highest BCUT2D eigenvalue weighted by atomic mass is 35.5. The van der Waals surface area contributed by atoms with Gasteiger partial charge in [-0.25, -0.2) is 9.97 Å². The van der Waals surface area contributed by atoms with Crippen LogP contribution in [0.5, 0.6) is 0 Å². The molecule has 0 aliphatic carbocycles. The average Bonchev–Trinajstić information content (AvgIpc) is 2.55. The van der Waals surface area contributed by atoms with E-state index in [1.165, 1.54) is 11.8 Å². The molecule has 4 nitrogen and oxygen atoms in total. The van der Waals surface area contributed by atoms with Crippen molar-refractivity contribution in [3.8, 4) is 0 Å². The zero-order valence-electron chi connectivity index (χ0n) is 12.2. The highest BCUT2D eigenvalue weighted by Gasteiger charge is 2.20. The number of hydrogen-bond donors (Lipinski definition) is 0. The Morgan fingerprint density at radius 1 is 1.00 bits per heavy atom. The molecule has 0 saturated carbocycles. The highest BCUT2D eigenvalue weighted by Crippen LogP contribution is 2.27. The second-order valence-corrected chi connectivity index (χ2v) is 6.53. The lowest BCUT2D eigenvalue weighted by Crippen LogP contribution is -2.47. The van der Waals surface area contributed by atoms with Gasteiger partial charge in [-0.1, -0.05) is 47.1 Å². The monoisotopic (exact) mass is 354 g/mol. The van der Waals surface area contributed by atoms with Crippen LogP contribution < -0.4 is 9.80 Å². The van der Waals surface area contributed by atoms with Gasteiger partial charge in [0, 0.05) is 32.2 Å². The van der Waals surface area contributed by atoms with Gasteiger partial charge in [0.25, 0.3) is 0 Å². The van der Waals surface area contributed by atoms with Gasteiger partial charge in [0.15, 0.2) is 5.16 Å². The summed E-state index contributed by atoms with van der Waals surface area (Å²) in [5.41, 5.74) is 1.09. The second kappa shape index (κ2) is 6.94. The van der Waals surface area contributed by atoms with E-state index in [2.05, 4.69) is 25.8 Å². The number of benzene rings is 1. The van der Waals surface area contributed by atoms with Gasteiger partial charge in [-0.05, 0) is 18.4 Å². The number of rotatable bonds is 3. The fourth-order valence-corrected chi connectivity index (χ4v) is 3.38. The van der Waals surface area contributed by atoms with Crippen molar-refractivity contribution >= 4 is 46.5 Å². The molecule has 0 bridgehead atoms. The standard InChI is InChI=1S/C15H16Cl2N4S/c1-22-15-18-13(17)10-14(19-15)21-8-6-20(7-9-21)12-5-3-2-4-11(12)16/h2-5,10H,6-9H2,1H3. The third-order valence-electron chi connectivity index (χ3n) is 3.64. The molecule has 0 atom stereocenters. The van der Waals surface area contributed by atoms with E-state index < -0.39 is 0 Å². The van der Waals surface area contributed by atoms with E-state index >= 15 is 0 Å². The Kier molecular flexibility index (Phi) is 4.96. The molecular formula is C15H16Cl2N4S. The van der Waals surface area contributed by atoms with Crippen molar-refractivity contribution in [1.82, 2.24) is 9.97 Å². The van der Waals surface area contributed by atoms with Gasteiger partial charge in [0.05, 0.1) is 10.7 Å². The molecule has 1 aromatic heterocycles. The molecule has 1 aliphatic heterocycles. The van der Waals surface area contributed by atoms with Crippen LogP contribution in [0.1, 0.15) is 0 Å². The van der Waals surface area contributed by atoms with E-state index in [4.69, 9.17) is 23.2 Å². The lowest BCUT2D eigenvalue weighted by atomic mass is 10.2. The number of aromatic nitrogens is 2. The number of halogens is 2. The smallest absolute Gasteiger partial charge is 0.190 e. The third-order valence-corrected chi connectivity index (χ3v) is 4.70. The minimum Gasteiger partial charge on any atom is -0.367 e. The van der Waals surface area contributed by atoms with Gasteiger partial charge in [0.1, 0.15) is 11.0 Å².